The quantitative estimate of drug-likeness (QED) is 0.655. The Hall–Kier alpha value is -2.67. The number of hydrogen-bond donors (Lipinski definition) is 0. The molecule has 2 fully saturated rings. The Labute approximate surface area is 177 Å². The second kappa shape index (κ2) is 8.22. The summed E-state index contributed by atoms with van der Waals surface area (Å²) in [6.45, 7) is 5.90. The van der Waals surface area contributed by atoms with Crippen LogP contribution >= 0.6 is 0 Å². The molecular weight excluding hydrogens is 378 g/mol. The van der Waals surface area contributed by atoms with E-state index in [1.807, 2.05) is 30.1 Å². The predicted octanol–water partition coefficient (Wildman–Crippen LogP) is 3.82. The molecule has 0 N–H and O–H groups in total. The summed E-state index contributed by atoms with van der Waals surface area (Å²) in [7, 11) is 1.97. The van der Waals surface area contributed by atoms with Gasteiger partial charge in [0.15, 0.2) is 0 Å². The molecule has 7 heteroatoms. The van der Waals surface area contributed by atoms with Crippen molar-refractivity contribution in [2.75, 3.05) is 31.2 Å². The van der Waals surface area contributed by atoms with Gasteiger partial charge in [-0.3, -0.25) is 4.68 Å². The van der Waals surface area contributed by atoms with Crippen LogP contribution in [0.5, 0.6) is 5.88 Å². The van der Waals surface area contributed by atoms with Gasteiger partial charge >= 0.3 is 0 Å². The van der Waals surface area contributed by atoms with Crippen molar-refractivity contribution < 1.29 is 9.47 Å². The number of nitrogens with zero attached hydrogens (tertiary/aromatic N) is 5. The molecule has 5 rings (SSSR count). The molecule has 5 heterocycles. The van der Waals surface area contributed by atoms with E-state index in [1.165, 1.54) is 12.8 Å². The lowest BCUT2D eigenvalue weighted by Gasteiger charge is -2.32. The SMILES string of the molecule is CC1CCCN(c2cc(-c3nn(C)c4ccnc(OC5CCOCC5)c34)ccn2)C1. The number of aromatic nitrogens is 4. The minimum atomic E-state index is 0.132. The summed E-state index contributed by atoms with van der Waals surface area (Å²) in [5, 5.41) is 5.81. The van der Waals surface area contributed by atoms with Gasteiger partial charge in [-0.15, -0.1) is 0 Å². The van der Waals surface area contributed by atoms with Gasteiger partial charge in [0.25, 0.3) is 0 Å². The molecule has 0 bridgehead atoms. The Kier molecular flexibility index (Phi) is 5.29. The molecule has 0 aromatic carbocycles. The molecule has 3 aromatic heterocycles. The second-order valence-corrected chi connectivity index (χ2v) is 8.51. The fraction of sp³-hybridized carbons (Fsp3) is 0.522. The summed E-state index contributed by atoms with van der Waals surface area (Å²) < 4.78 is 13.7. The first-order valence-electron chi connectivity index (χ1n) is 11.0. The van der Waals surface area contributed by atoms with Gasteiger partial charge in [-0.25, -0.2) is 9.97 Å². The smallest absolute Gasteiger partial charge is 0.225 e. The van der Waals surface area contributed by atoms with Crippen LogP contribution in [0.3, 0.4) is 0 Å². The van der Waals surface area contributed by atoms with Crippen LogP contribution in [-0.2, 0) is 11.8 Å². The lowest BCUT2D eigenvalue weighted by molar-refractivity contribution is 0.0244. The van der Waals surface area contributed by atoms with Gasteiger partial charge in [-0.05, 0) is 37.0 Å². The molecule has 158 valence electrons. The first-order chi connectivity index (χ1) is 14.7. The Balaban J connectivity index is 1.53. The molecule has 0 aliphatic carbocycles. The molecule has 0 amide bonds. The Morgan fingerprint density at radius 2 is 1.93 bits per heavy atom. The molecule has 1 atom stereocenters. The van der Waals surface area contributed by atoms with Crippen molar-refractivity contribution in [1.29, 1.82) is 0 Å². The first-order valence-corrected chi connectivity index (χ1v) is 11.0. The van der Waals surface area contributed by atoms with Gasteiger partial charge in [-0.1, -0.05) is 6.92 Å². The van der Waals surface area contributed by atoms with Gasteiger partial charge in [-0.2, -0.15) is 5.10 Å². The van der Waals surface area contributed by atoms with Crippen LogP contribution in [0.2, 0.25) is 0 Å². The predicted molar refractivity (Wildman–Crippen MR) is 117 cm³/mol. The number of rotatable bonds is 4. The van der Waals surface area contributed by atoms with Crippen molar-refractivity contribution in [2.45, 2.75) is 38.7 Å². The zero-order chi connectivity index (χ0) is 20.5. The Bertz CT molecular complexity index is 1030. The zero-order valence-electron chi connectivity index (χ0n) is 17.8. The summed E-state index contributed by atoms with van der Waals surface area (Å²) in [5.74, 6) is 2.38. The van der Waals surface area contributed by atoms with Crippen molar-refractivity contribution in [3.63, 3.8) is 0 Å². The van der Waals surface area contributed by atoms with Crippen LogP contribution < -0.4 is 9.64 Å². The zero-order valence-corrected chi connectivity index (χ0v) is 17.8. The van der Waals surface area contributed by atoms with Crippen LogP contribution in [0.25, 0.3) is 22.2 Å². The highest BCUT2D eigenvalue weighted by Crippen LogP contribution is 2.35. The van der Waals surface area contributed by atoms with Crippen molar-refractivity contribution in [2.24, 2.45) is 13.0 Å². The number of aryl methyl sites for hydroxylation is 1. The van der Waals surface area contributed by atoms with Crippen molar-refractivity contribution >= 4 is 16.7 Å². The van der Waals surface area contributed by atoms with Crippen LogP contribution in [0.4, 0.5) is 5.82 Å². The lowest BCUT2D eigenvalue weighted by Crippen LogP contribution is -2.34. The maximum atomic E-state index is 6.33. The average molecular weight is 408 g/mol. The fourth-order valence-corrected chi connectivity index (χ4v) is 4.56. The third-order valence-electron chi connectivity index (χ3n) is 6.18. The van der Waals surface area contributed by atoms with Crippen molar-refractivity contribution in [3.05, 3.63) is 30.6 Å². The van der Waals surface area contributed by atoms with E-state index in [2.05, 4.69) is 27.9 Å². The first kappa shape index (κ1) is 19.3. The molecule has 0 radical (unpaired) electrons. The normalized spacial score (nSPS) is 20.6. The van der Waals surface area contributed by atoms with Crippen LogP contribution in [0.15, 0.2) is 30.6 Å². The summed E-state index contributed by atoms with van der Waals surface area (Å²) >= 11 is 0. The molecule has 30 heavy (non-hydrogen) atoms. The highest BCUT2D eigenvalue weighted by Gasteiger charge is 2.23. The lowest BCUT2D eigenvalue weighted by atomic mass is 10.00. The highest BCUT2D eigenvalue weighted by molar-refractivity contribution is 5.97. The summed E-state index contributed by atoms with van der Waals surface area (Å²) in [4.78, 5) is 11.6. The number of hydrogen-bond acceptors (Lipinski definition) is 6. The topological polar surface area (TPSA) is 65.3 Å². The van der Waals surface area contributed by atoms with Crippen molar-refractivity contribution in [1.82, 2.24) is 19.7 Å². The fourth-order valence-electron chi connectivity index (χ4n) is 4.56. The van der Waals surface area contributed by atoms with Crippen LogP contribution in [0, 0.1) is 5.92 Å². The Morgan fingerprint density at radius 1 is 1.10 bits per heavy atom. The number of fused-ring (bicyclic) bond motifs is 1. The monoisotopic (exact) mass is 407 g/mol. The largest absolute Gasteiger partial charge is 0.474 e. The summed E-state index contributed by atoms with van der Waals surface area (Å²) in [6.07, 6.45) is 8.11. The van der Waals surface area contributed by atoms with Gasteiger partial charge < -0.3 is 14.4 Å². The van der Waals surface area contributed by atoms with Crippen LogP contribution in [-0.4, -0.2) is 52.2 Å². The van der Waals surface area contributed by atoms with Gasteiger partial charge in [0.2, 0.25) is 5.88 Å². The molecule has 2 aliphatic rings. The second-order valence-electron chi connectivity index (χ2n) is 8.51. The van der Waals surface area contributed by atoms with Gasteiger partial charge in [0.1, 0.15) is 17.6 Å². The standard InChI is InChI=1S/C23H29N5O2/c1-16-4-3-11-28(15-16)20-14-17(5-9-24-20)22-21-19(27(2)26-22)6-10-25-23(21)30-18-7-12-29-13-8-18/h5-6,9-10,14,16,18H,3-4,7-8,11-13,15H2,1-2H3. The number of ether oxygens (including phenoxy) is 2. The van der Waals surface area contributed by atoms with E-state index < -0.39 is 0 Å². The average Bonchev–Trinajstić information content (AvgIpc) is 3.12. The third kappa shape index (κ3) is 3.74. The van der Waals surface area contributed by atoms with Crippen LogP contribution in [0.1, 0.15) is 32.6 Å². The van der Waals surface area contributed by atoms with E-state index in [1.54, 1.807) is 6.20 Å². The molecule has 7 nitrogen and oxygen atoms in total. The van der Waals surface area contributed by atoms with E-state index in [0.717, 1.165) is 67.1 Å². The molecule has 1 unspecified atom stereocenters. The Morgan fingerprint density at radius 3 is 2.77 bits per heavy atom. The number of anilines is 1. The van der Waals surface area contributed by atoms with Gasteiger partial charge in [0, 0.05) is 50.9 Å². The minimum Gasteiger partial charge on any atom is -0.474 e. The summed E-state index contributed by atoms with van der Waals surface area (Å²) in [6, 6.07) is 6.19. The van der Waals surface area contributed by atoms with Crippen molar-refractivity contribution in [3.8, 4) is 17.1 Å². The third-order valence-corrected chi connectivity index (χ3v) is 6.18. The minimum absolute atomic E-state index is 0.132. The summed E-state index contributed by atoms with van der Waals surface area (Å²) in [5.41, 5.74) is 2.97. The number of pyridine rings is 2. The van der Waals surface area contributed by atoms with E-state index in [0.29, 0.717) is 11.8 Å². The van der Waals surface area contributed by atoms with E-state index >= 15 is 0 Å². The van der Waals surface area contributed by atoms with E-state index in [-0.39, 0.29) is 6.10 Å². The number of piperidine rings is 1. The molecule has 3 aromatic rings. The molecular formula is C23H29N5O2. The maximum absolute atomic E-state index is 6.33. The molecule has 2 aliphatic heterocycles. The van der Waals surface area contributed by atoms with E-state index in [9.17, 15) is 0 Å². The van der Waals surface area contributed by atoms with Gasteiger partial charge in [0.05, 0.1) is 24.1 Å². The highest BCUT2D eigenvalue weighted by atomic mass is 16.5. The van der Waals surface area contributed by atoms with E-state index in [4.69, 9.17) is 14.6 Å². The molecule has 2 saturated heterocycles. The molecule has 0 spiro atoms. The maximum Gasteiger partial charge on any atom is 0.225 e. The molecule has 0 saturated carbocycles.